The normalized spacial score (nSPS) is 23.5. The average Bonchev–Trinajstić information content (AvgIpc) is 2.78. The molecule has 0 N–H and O–H groups in total. The van der Waals surface area contributed by atoms with Gasteiger partial charge in [-0.05, 0) is 44.1 Å². The summed E-state index contributed by atoms with van der Waals surface area (Å²) in [5.74, 6) is -0.846. The van der Waals surface area contributed by atoms with Crippen LogP contribution in [-0.4, -0.2) is 66.4 Å². The van der Waals surface area contributed by atoms with Crippen LogP contribution < -0.4 is 0 Å². The number of hydrogen-bond acceptors (Lipinski definition) is 3. The van der Waals surface area contributed by atoms with E-state index in [2.05, 4.69) is 9.80 Å². The number of rotatable bonds is 3. The predicted octanol–water partition coefficient (Wildman–Crippen LogP) is 2.48. The van der Waals surface area contributed by atoms with Crippen molar-refractivity contribution in [3.05, 3.63) is 35.4 Å². The fourth-order valence-electron chi connectivity index (χ4n) is 3.86. The van der Waals surface area contributed by atoms with Crippen molar-refractivity contribution in [1.82, 2.24) is 14.7 Å². The topological polar surface area (TPSA) is 26.8 Å². The van der Waals surface area contributed by atoms with Gasteiger partial charge in [-0.3, -0.25) is 14.6 Å². The molecule has 0 bridgehead atoms. The maximum Gasteiger partial charge on any atom is 0.240 e. The third-order valence-corrected chi connectivity index (χ3v) is 5.32. The van der Waals surface area contributed by atoms with Crippen LogP contribution in [0.3, 0.4) is 0 Å². The molecule has 25 heavy (non-hydrogen) atoms. The van der Waals surface area contributed by atoms with Crippen molar-refractivity contribution in [2.24, 2.45) is 0 Å². The van der Waals surface area contributed by atoms with Gasteiger partial charge in [0.25, 0.3) is 0 Å². The highest BCUT2D eigenvalue weighted by molar-refractivity contribution is 5.82. The zero-order valence-electron chi connectivity index (χ0n) is 14.9. The lowest BCUT2D eigenvalue weighted by Gasteiger charge is -2.38. The quantitative estimate of drug-likeness (QED) is 0.837. The maximum atomic E-state index is 13.3. The number of carbonyl (C=O) groups excluding carboxylic acids is 1. The molecule has 1 aromatic carbocycles. The van der Waals surface area contributed by atoms with Gasteiger partial charge < -0.3 is 4.90 Å². The number of piperazine rings is 1. The van der Waals surface area contributed by atoms with Gasteiger partial charge in [-0.2, -0.15) is 0 Å². The summed E-state index contributed by atoms with van der Waals surface area (Å²) in [4.78, 5) is 19.1. The lowest BCUT2D eigenvalue weighted by atomic mass is 10.1. The van der Waals surface area contributed by atoms with Crippen LogP contribution in [-0.2, 0) is 11.3 Å². The highest BCUT2D eigenvalue weighted by Gasteiger charge is 2.30. The smallest absolute Gasteiger partial charge is 0.240 e. The van der Waals surface area contributed by atoms with Gasteiger partial charge in [0.05, 0.1) is 6.04 Å². The van der Waals surface area contributed by atoms with Crippen LogP contribution in [0.4, 0.5) is 8.78 Å². The minimum atomic E-state index is -0.541. The fourth-order valence-corrected chi connectivity index (χ4v) is 3.86. The van der Waals surface area contributed by atoms with Crippen LogP contribution in [0.1, 0.15) is 31.2 Å². The number of amides is 1. The van der Waals surface area contributed by atoms with Gasteiger partial charge in [-0.15, -0.1) is 0 Å². The third kappa shape index (κ3) is 4.76. The molecule has 3 rings (SSSR count). The van der Waals surface area contributed by atoms with Crippen molar-refractivity contribution < 1.29 is 13.6 Å². The number of benzene rings is 1. The van der Waals surface area contributed by atoms with E-state index < -0.39 is 11.6 Å². The molecule has 0 radical (unpaired) electrons. The average molecular weight is 351 g/mol. The minimum absolute atomic E-state index is 0.00589. The number of nitrogens with zero attached hydrogens (tertiary/aromatic N) is 3. The molecule has 1 unspecified atom stereocenters. The van der Waals surface area contributed by atoms with Crippen LogP contribution in [0.15, 0.2) is 18.2 Å². The highest BCUT2D eigenvalue weighted by Crippen LogP contribution is 2.19. The summed E-state index contributed by atoms with van der Waals surface area (Å²) in [6.07, 6.45) is 4.42. The Morgan fingerprint density at radius 1 is 1.00 bits per heavy atom. The molecule has 2 saturated heterocycles. The first-order chi connectivity index (χ1) is 12.0. The van der Waals surface area contributed by atoms with E-state index in [1.807, 2.05) is 11.9 Å². The molecular formula is C19H27F2N3O. The van der Waals surface area contributed by atoms with Gasteiger partial charge in [0.1, 0.15) is 11.6 Å². The summed E-state index contributed by atoms with van der Waals surface area (Å²) in [6.45, 7) is 4.34. The van der Waals surface area contributed by atoms with E-state index in [0.717, 1.165) is 45.0 Å². The first kappa shape index (κ1) is 18.3. The molecule has 0 aromatic heterocycles. The molecule has 0 saturated carbocycles. The maximum absolute atomic E-state index is 13.3. The van der Waals surface area contributed by atoms with Crippen molar-refractivity contribution >= 4 is 5.91 Å². The van der Waals surface area contributed by atoms with E-state index in [1.165, 1.54) is 18.6 Å². The zero-order chi connectivity index (χ0) is 17.8. The number of halogens is 2. The van der Waals surface area contributed by atoms with E-state index in [4.69, 9.17) is 0 Å². The minimum Gasteiger partial charge on any atom is -0.339 e. The monoisotopic (exact) mass is 351 g/mol. The van der Waals surface area contributed by atoms with Crippen LogP contribution in [0, 0.1) is 11.6 Å². The van der Waals surface area contributed by atoms with Crippen molar-refractivity contribution in [3.8, 4) is 0 Å². The molecule has 2 heterocycles. The molecule has 0 spiro atoms. The van der Waals surface area contributed by atoms with E-state index in [1.54, 1.807) is 0 Å². The second-order valence-corrected chi connectivity index (χ2v) is 7.22. The zero-order valence-corrected chi connectivity index (χ0v) is 14.9. The van der Waals surface area contributed by atoms with E-state index >= 15 is 0 Å². The number of carbonyl (C=O) groups is 1. The lowest BCUT2D eigenvalue weighted by molar-refractivity contribution is -0.138. The van der Waals surface area contributed by atoms with E-state index in [-0.39, 0.29) is 11.9 Å². The Labute approximate surface area is 148 Å². The fraction of sp³-hybridized carbons (Fsp3) is 0.632. The Kier molecular flexibility index (Phi) is 6.02. The molecule has 6 heteroatoms. The molecule has 2 aliphatic heterocycles. The van der Waals surface area contributed by atoms with Gasteiger partial charge in [-0.1, -0.05) is 12.8 Å². The van der Waals surface area contributed by atoms with Crippen LogP contribution in [0.2, 0.25) is 0 Å². The Morgan fingerprint density at radius 3 is 2.36 bits per heavy atom. The van der Waals surface area contributed by atoms with Crippen molar-refractivity contribution in [3.63, 3.8) is 0 Å². The first-order valence-electron chi connectivity index (χ1n) is 9.19. The predicted molar refractivity (Wildman–Crippen MR) is 93.1 cm³/mol. The van der Waals surface area contributed by atoms with Crippen LogP contribution in [0.5, 0.6) is 0 Å². The van der Waals surface area contributed by atoms with E-state index in [0.29, 0.717) is 25.2 Å². The molecule has 1 atom stereocenters. The van der Waals surface area contributed by atoms with Gasteiger partial charge >= 0.3 is 0 Å². The van der Waals surface area contributed by atoms with Crippen LogP contribution >= 0.6 is 0 Å². The molecule has 2 aliphatic rings. The molecule has 0 aliphatic carbocycles. The Balaban J connectivity index is 1.53. The molecule has 2 fully saturated rings. The van der Waals surface area contributed by atoms with Crippen molar-refractivity contribution in [1.29, 1.82) is 0 Å². The summed E-state index contributed by atoms with van der Waals surface area (Å²) >= 11 is 0. The highest BCUT2D eigenvalue weighted by atomic mass is 19.1. The van der Waals surface area contributed by atoms with Gasteiger partial charge in [0.15, 0.2) is 0 Å². The van der Waals surface area contributed by atoms with Crippen molar-refractivity contribution in [2.75, 3.05) is 39.8 Å². The summed E-state index contributed by atoms with van der Waals surface area (Å²) in [5.41, 5.74) is 0.640. The molecule has 138 valence electrons. The molecule has 1 aromatic rings. The largest absolute Gasteiger partial charge is 0.339 e. The van der Waals surface area contributed by atoms with Gasteiger partial charge in [-0.25, -0.2) is 8.78 Å². The van der Waals surface area contributed by atoms with E-state index in [9.17, 15) is 13.6 Å². The SMILES string of the molecule is CN1CCCCCC1C(=O)N1CCN(Cc2cc(F)cc(F)c2)CC1. The molecule has 1 amide bonds. The second kappa shape index (κ2) is 8.23. The third-order valence-electron chi connectivity index (χ3n) is 5.32. The van der Waals surface area contributed by atoms with Crippen LogP contribution in [0.25, 0.3) is 0 Å². The van der Waals surface area contributed by atoms with Crippen molar-refractivity contribution in [2.45, 2.75) is 38.3 Å². The summed E-state index contributed by atoms with van der Waals surface area (Å²) in [7, 11) is 2.04. The first-order valence-corrected chi connectivity index (χ1v) is 9.19. The standard InChI is InChI=1S/C19H27F2N3O/c1-22-6-4-2-3-5-18(22)19(25)24-9-7-23(8-10-24)14-15-11-16(20)13-17(21)12-15/h11-13,18H,2-10,14H2,1H3. The van der Waals surface area contributed by atoms with Gasteiger partial charge in [0.2, 0.25) is 5.91 Å². The second-order valence-electron chi connectivity index (χ2n) is 7.22. The Bertz CT molecular complexity index is 582. The number of hydrogen-bond donors (Lipinski definition) is 0. The molecule has 4 nitrogen and oxygen atoms in total. The number of likely N-dealkylation sites (N-methyl/N-ethyl adjacent to an activating group) is 1. The number of likely N-dealkylation sites (tertiary alicyclic amines) is 1. The summed E-state index contributed by atoms with van der Waals surface area (Å²) in [6, 6.07) is 3.65. The summed E-state index contributed by atoms with van der Waals surface area (Å²) in [5, 5.41) is 0. The van der Waals surface area contributed by atoms with Gasteiger partial charge in [0, 0.05) is 38.8 Å². The Hall–Kier alpha value is -1.53. The lowest BCUT2D eigenvalue weighted by Crippen LogP contribution is -2.54. The molecular weight excluding hydrogens is 324 g/mol. The Morgan fingerprint density at radius 2 is 1.68 bits per heavy atom. The summed E-state index contributed by atoms with van der Waals surface area (Å²) < 4.78 is 26.6.